The number of benzene rings is 2. The molecule has 1 amide bonds. The molecule has 0 aliphatic heterocycles. The summed E-state index contributed by atoms with van der Waals surface area (Å²) in [5.74, 6) is -0.0777. The number of hydrogen-bond donors (Lipinski definition) is 2. The lowest BCUT2D eigenvalue weighted by atomic mass is 10.1. The first-order valence-electron chi connectivity index (χ1n) is 7.58. The SMILES string of the molecule is C[C@H](Sc1ccccc1Cl)C(=O)NCCc1ccc(S(N)(=O)=O)cc1. The largest absolute Gasteiger partial charge is 0.355 e. The van der Waals surface area contributed by atoms with Crippen molar-refractivity contribution in [2.75, 3.05) is 6.54 Å². The van der Waals surface area contributed by atoms with Crippen LogP contribution in [0.4, 0.5) is 0 Å². The first-order valence-corrected chi connectivity index (χ1v) is 10.4. The van der Waals surface area contributed by atoms with Crippen molar-refractivity contribution in [1.29, 1.82) is 0 Å². The van der Waals surface area contributed by atoms with E-state index in [-0.39, 0.29) is 16.1 Å². The van der Waals surface area contributed by atoms with Crippen molar-refractivity contribution < 1.29 is 13.2 Å². The lowest BCUT2D eigenvalue weighted by molar-refractivity contribution is -0.120. The van der Waals surface area contributed by atoms with E-state index in [1.807, 2.05) is 25.1 Å². The predicted octanol–water partition coefficient (Wildman–Crippen LogP) is 2.83. The minimum atomic E-state index is -3.68. The molecule has 8 heteroatoms. The molecule has 0 aromatic heterocycles. The van der Waals surface area contributed by atoms with Crippen LogP contribution in [0.1, 0.15) is 12.5 Å². The highest BCUT2D eigenvalue weighted by atomic mass is 35.5. The van der Waals surface area contributed by atoms with Crippen LogP contribution in [-0.2, 0) is 21.2 Å². The van der Waals surface area contributed by atoms with Crippen LogP contribution in [0.2, 0.25) is 5.02 Å². The molecule has 134 valence electrons. The Morgan fingerprint density at radius 3 is 2.44 bits per heavy atom. The van der Waals surface area contributed by atoms with Crippen molar-refractivity contribution in [3.05, 3.63) is 59.1 Å². The highest BCUT2D eigenvalue weighted by molar-refractivity contribution is 8.00. The molecule has 0 spiro atoms. The molecule has 0 saturated heterocycles. The van der Waals surface area contributed by atoms with Gasteiger partial charge < -0.3 is 5.32 Å². The van der Waals surface area contributed by atoms with Gasteiger partial charge in [0.05, 0.1) is 15.2 Å². The van der Waals surface area contributed by atoms with E-state index in [2.05, 4.69) is 5.32 Å². The quantitative estimate of drug-likeness (QED) is 0.702. The molecule has 3 N–H and O–H groups in total. The molecular weight excluding hydrogens is 380 g/mol. The van der Waals surface area contributed by atoms with Gasteiger partial charge in [-0.05, 0) is 43.2 Å². The fourth-order valence-corrected chi connectivity index (χ4v) is 3.80. The van der Waals surface area contributed by atoms with Crippen LogP contribution in [0.15, 0.2) is 58.3 Å². The van der Waals surface area contributed by atoms with Crippen LogP contribution in [0.3, 0.4) is 0 Å². The highest BCUT2D eigenvalue weighted by Gasteiger charge is 2.15. The highest BCUT2D eigenvalue weighted by Crippen LogP contribution is 2.29. The number of carbonyl (C=O) groups is 1. The Morgan fingerprint density at radius 2 is 1.84 bits per heavy atom. The normalized spacial score (nSPS) is 12.6. The second-order valence-corrected chi connectivity index (χ2v) is 8.77. The molecule has 0 heterocycles. The van der Waals surface area contributed by atoms with E-state index < -0.39 is 10.0 Å². The summed E-state index contributed by atoms with van der Waals surface area (Å²) in [6.07, 6.45) is 0.597. The van der Waals surface area contributed by atoms with Crippen LogP contribution in [0, 0.1) is 0 Å². The fourth-order valence-electron chi connectivity index (χ4n) is 2.10. The number of hydrogen-bond acceptors (Lipinski definition) is 4. The molecule has 25 heavy (non-hydrogen) atoms. The lowest BCUT2D eigenvalue weighted by Crippen LogP contribution is -2.32. The Labute approximate surface area is 157 Å². The molecule has 0 bridgehead atoms. The number of halogens is 1. The topological polar surface area (TPSA) is 89.3 Å². The molecule has 0 fully saturated rings. The maximum Gasteiger partial charge on any atom is 0.238 e. The third kappa shape index (κ3) is 6.04. The molecule has 2 rings (SSSR count). The molecule has 0 aliphatic carbocycles. The molecule has 0 saturated carbocycles. The Morgan fingerprint density at radius 1 is 1.20 bits per heavy atom. The van der Waals surface area contributed by atoms with E-state index in [0.29, 0.717) is 18.0 Å². The molecule has 2 aromatic carbocycles. The molecule has 5 nitrogen and oxygen atoms in total. The Hall–Kier alpha value is -1.54. The summed E-state index contributed by atoms with van der Waals surface area (Å²) in [5.41, 5.74) is 0.916. The first-order chi connectivity index (χ1) is 11.8. The predicted molar refractivity (Wildman–Crippen MR) is 101 cm³/mol. The van der Waals surface area contributed by atoms with E-state index in [0.717, 1.165) is 10.5 Å². The van der Waals surface area contributed by atoms with Crippen molar-refractivity contribution >= 4 is 39.3 Å². The van der Waals surface area contributed by atoms with Gasteiger partial charge in [-0.1, -0.05) is 35.9 Å². The van der Waals surface area contributed by atoms with Crippen molar-refractivity contribution in [3.63, 3.8) is 0 Å². The third-order valence-corrected chi connectivity index (χ3v) is 6.02. The zero-order chi connectivity index (χ0) is 18.4. The van der Waals surface area contributed by atoms with Gasteiger partial charge in [-0.3, -0.25) is 4.79 Å². The van der Waals surface area contributed by atoms with Gasteiger partial charge in [0.1, 0.15) is 0 Å². The average molecular weight is 399 g/mol. The second kappa shape index (κ2) is 8.71. The van der Waals surface area contributed by atoms with Crippen molar-refractivity contribution in [3.8, 4) is 0 Å². The summed E-state index contributed by atoms with van der Waals surface area (Å²) in [5, 5.41) is 8.28. The number of amides is 1. The molecule has 1 atom stereocenters. The van der Waals surface area contributed by atoms with Crippen molar-refractivity contribution in [1.82, 2.24) is 5.32 Å². The lowest BCUT2D eigenvalue weighted by Gasteiger charge is -2.13. The Bertz CT molecular complexity index is 839. The van der Waals surface area contributed by atoms with Gasteiger partial charge in [-0.25, -0.2) is 13.6 Å². The van der Waals surface area contributed by atoms with Gasteiger partial charge in [-0.2, -0.15) is 0 Å². The summed E-state index contributed by atoms with van der Waals surface area (Å²) in [6.45, 7) is 2.28. The molecule has 0 aliphatic rings. The summed E-state index contributed by atoms with van der Waals surface area (Å²) >= 11 is 7.50. The number of sulfonamides is 1. The third-order valence-electron chi connectivity index (χ3n) is 3.47. The second-order valence-electron chi connectivity index (χ2n) is 5.42. The maximum absolute atomic E-state index is 12.2. The summed E-state index contributed by atoms with van der Waals surface area (Å²) in [7, 11) is -3.68. The van der Waals surface area contributed by atoms with Gasteiger partial charge in [0.25, 0.3) is 0 Å². The molecule has 2 aromatic rings. The van der Waals surface area contributed by atoms with Gasteiger partial charge >= 0.3 is 0 Å². The number of carbonyl (C=O) groups excluding carboxylic acids is 1. The number of nitrogens with one attached hydrogen (secondary N) is 1. The van der Waals surface area contributed by atoms with Gasteiger partial charge in [0.15, 0.2) is 0 Å². The zero-order valence-electron chi connectivity index (χ0n) is 13.6. The summed E-state index contributed by atoms with van der Waals surface area (Å²) < 4.78 is 22.4. The Kier molecular flexibility index (Phi) is 6.89. The van der Waals surface area contributed by atoms with Crippen molar-refractivity contribution in [2.24, 2.45) is 5.14 Å². The molecular formula is C17H19ClN2O3S2. The minimum Gasteiger partial charge on any atom is -0.355 e. The van der Waals surface area contributed by atoms with Crippen LogP contribution < -0.4 is 10.5 Å². The van der Waals surface area contributed by atoms with Gasteiger partial charge in [-0.15, -0.1) is 11.8 Å². The average Bonchev–Trinajstić information content (AvgIpc) is 2.56. The summed E-state index contributed by atoms with van der Waals surface area (Å²) in [6, 6.07) is 13.7. The van der Waals surface area contributed by atoms with E-state index in [9.17, 15) is 13.2 Å². The van der Waals surface area contributed by atoms with Crippen molar-refractivity contribution in [2.45, 2.75) is 28.4 Å². The number of primary sulfonamides is 1. The molecule has 0 radical (unpaired) electrons. The fraction of sp³-hybridized carbons (Fsp3) is 0.235. The van der Waals surface area contributed by atoms with Gasteiger partial charge in [0.2, 0.25) is 15.9 Å². The van der Waals surface area contributed by atoms with E-state index in [4.69, 9.17) is 16.7 Å². The van der Waals surface area contributed by atoms with E-state index in [1.54, 1.807) is 18.2 Å². The van der Waals surface area contributed by atoms with E-state index >= 15 is 0 Å². The molecule has 0 unspecified atom stereocenters. The van der Waals surface area contributed by atoms with E-state index in [1.165, 1.54) is 23.9 Å². The Balaban J connectivity index is 1.83. The monoisotopic (exact) mass is 398 g/mol. The number of nitrogens with two attached hydrogens (primary N) is 1. The van der Waals surface area contributed by atoms with Crippen LogP contribution in [0.25, 0.3) is 0 Å². The van der Waals surface area contributed by atoms with Crippen LogP contribution in [0.5, 0.6) is 0 Å². The minimum absolute atomic E-state index is 0.0741. The number of rotatable bonds is 7. The van der Waals surface area contributed by atoms with Crippen LogP contribution >= 0.6 is 23.4 Å². The number of thioether (sulfide) groups is 1. The van der Waals surface area contributed by atoms with Crippen LogP contribution in [-0.4, -0.2) is 26.1 Å². The van der Waals surface area contributed by atoms with Gasteiger partial charge in [0, 0.05) is 11.4 Å². The standard InChI is InChI=1S/C17H19ClN2O3S2/c1-12(24-16-5-3-2-4-15(16)18)17(21)20-11-10-13-6-8-14(9-7-13)25(19,22)23/h2-9,12H,10-11H2,1H3,(H,20,21)(H2,19,22,23)/t12-/m0/s1. The summed E-state index contributed by atoms with van der Waals surface area (Å²) in [4.78, 5) is 13.1. The smallest absolute Gasteiger partial charge is 0.238 e. The maximum atomic E-state index is 12.2. The first kappa shape index (κ1) is 19.8. The zero-order valence-corrected chi connectivity index (χ0v) is 16.0.